The molecule has 0 aromatic heterocycles. The highest BCUT2D eigenvalue weighted by Gasteiger charge is 2.29. The summed E-state index contributed by atoms with van der Waals surface area (Å²) in [4.78, 5) is 17.4. The van der Waals surface area contributed by atoms with E-state index in [0.717, 1.165) is 6.55 Å². The van der Waals surface area contributed by atoms with Crippen LogP contribution in [0, 0.1) is 0 Å². The fraction of sp³-hybridized carbons (Fsp3) is 1.00. The molecular weight excluding hydrogens is 171 g/mol. The molecule has 0 aliphatic heterocycles. The third kappa shape index (κ3) is 6.37. The van der Waals surface area contributed by atoms with Gasteiger partial charge in [-0.1, -0.05) is 13.3 Å². The molecule has 0 saturated carbocycles. The molecule has 3 nitrogen and oxygen atoms in total. The Morgan fingerprint density at radius 2 is 2.10 bits per heavy atom. The van der Waals surface area contributed by atoms with Crippen LogP contribution in [-0.2, 0) is 4.12 Å². The molecule has 62 valence electrons. The van der Waals surface area contributed by atoms with Crippen LogP contribution in [0.3, 0.4) is 0 Å². The number of halogens is 1. The lowest BCUT2D eigenvalue weighted by Gasteiger charge is -2.14. The van der Waals surface area contributed by atoms with Gasteiger partial charge in [0.15, 0.2) is 0 Å². The minimum atomic E-state index is -3.57. The van der Waals surface area contributed by atoms with Crippen molar-refractivity contribution >= 4 is 18.2 Å². The third-order valence-corrected chi connectivity index (χ3v) is 4.71. The molecule has 2 N–H and O–H groups in total. The molecule has 0 spiro atoms. The molecule has 0 aliphatic carbocycles. The van der Waals surface area contributed by atoms with E-state index >= 15 is 0 Å². The van der Waals surface area contributed by atoms with Gasteiger partial charge < -0.3 is 13.7 Å². The summed E-state index contributed by atoms with van der Waals surface area (Å²) < 4.78 is 16.9. The largest absolute Gasteiger partial charge is 0.483 e. The minimum Gasteiger partial charge on any atom is -0.393 e. The first-order chi connectivity index (χ1) is 4.45. The van der Waals surface area contributed by atoms with Gasteiger partial charge in [0.1, 0.15) is 0 Å². The SMILES string of the molecule is CCC[SiH](F)O[Si](C)(O)O. The first kappa shape index (κ1) is 10.2. The van der Waals surface area contributed by atoms with Crippen molar-refractivity contribution < 1.29 is 17.8 Å². The molecule has 10 heavy (non-hydrogen) atoms. The molecule has 0 aromatic rings. The first-order valence-corrected chi connectivity index (χ1v) is 7.25. The number of rotatable bonds is 4. The van der Waals surface area contributed by atoms with Gasteiger partial charge in [-0.15, -0.1) is 0 Å². The van der Waals surface area contributed by atoms with Crippen LogP contribution in [0.15, 0.2) is 0 Å². The van der Waals surface area contributed by atoms with Crippen LogP contribution >= 0.6 is 0 Å². The molecule has 1 unspecified atom stereocenters. The molecule has 0 amide bonds. The molecule has 0 aromatic carbocycles. The Hall–Kier alpha value is 0.244. The van der Waals surface area contributed by atoms with E-state index in [1.54, 1.807) is 0 Å². The fourth-order valence-corrected chi connectivity index (χ4v) is 3.39. The van der Waals surface area contributed by atoms with Gasteiger partial charge >= 0.3 is 18.2 Å². The zero-order valence-electron chi connectivity index (χ0n) is 6.17. The van der Waals surface area contributed by atoms with Crippen molar-refractivity contribution in [2.45, 2.75) is 25.9 Å². The average Bonchev–Trinajstić information content (AvgIpc) is 1.59. The van der Waals surface area contributed by atoms with E-state index in [1.807, 2.05) is 6.92 Å². The molecule has 0 aliphatic rings. The average molecular weight is 184 g/mol. The highest BCUT2D eigenvalue weighted by Crippen LogP contribution is 2.05. The van der Waals surface area contributed by atoms with E-state index in [1.165, 1.54) is 0 Å². The van der Waals surface area contributed by atoms with E-state index < -0.39 is 18.2 Å². The zero-order chi connectivity index (χ0) is 8.20. The van der Waals surface area contributed by atoms with Gasteiger partial charge in [-0.25, -0.2) is 0 Å². The second-order valence-electron chi connectivity index (χ2n) is 2.25. The molecule has 0 heterocycles. The van der Waals surface area contributed by atoms with E-state index in [-0.39, 0.29) is 0 Å². The zero-order valence-corrected chi connectivity index (χ0v) is 8.33. The summed E-state index contributed by atoms with van der Waals surface area (Å²) in [5.41, 5.74) is 0. The van der Waals surface area contributed by atoms with E-state index in [4.69, 9.17) is 9.59 Å². The predicted octanol–water partition coefficient (Wildman–Crippen LogP) is 0.156. The number of hydrogen-bond acceptors (Lipinski definition) is 3. The maximum atomic E-state index is 12.5. The van der Waals surface area contributed by atoms with Gasteiger partial charge in [0.2, 0.25) is 0 Å². The standard InChI is InChI=1S/C4H13FO3Si2/c1-3-4-9(5)8-10(2,6)7/h6-7,9H,3-4H2,1-2H3. The van der Waals surface area contributed by atoms with Crippen molar-refractivity contribution in [2.75, 3.05) is 0 Å². The van der Waals surface area contributed by atoms with Crippen LogP contribution in [0.5, 0.6) is 0 Å². The summed E-state index contributed by atoms with van der Waals surface area (Å²) in [6.07, 6.45) is 0.692. The van der Waals surface area contributed by atoms with Crippen LogP contribution in [0.4, 0.5) is 4.11 Å². The van der Waals surface area contributed by atoms with Gasteiger partial charge in [0, 0.05) is 6.55 Å². The van der Waals surface area contributed by atoms with Crippen molar-refractivity contribution in [3.63, 3.8) is 0 Å². The Kier molecular flexibility index (Phi) is 4.29. The Morgan fingerprint density at radius 1 is 1.60 bits per heavy atom. The van der Waals surface area contributed by atoms with Gasteiger partial charge in [0.05, 0.1) is 0 Å². The summed E-state index contributed by atoms with van der Waals surface area (Å²) in [7, 11) is -6.34. The van der Waals surface area contributed by atoms with Crippen molar-refractivity contribution in [3.05, 3.63) is 0 Å². The van der Waals surface area contributed by atoms with E-state index in [9.17, 15) is 4.11 Å². The molecule has 0 saturated heterocycles. The summed E-state index contributed by atoms with van der Waals surface area (Å²) in [5.74, 6) is 0. The minimum absolute atomic E-state index is 0.351. The Bertz CT molecular complexity index is 95.0. The second kappa shape index (κ2) is 4.19. The maximum Gasteiger partial charge on any atom is 0.483 e. The molecule has 0 radical (unpaired) electrons. The van der Waals surface area contributed by atoms with Crippen molar-refractivity contribution in [1.82, 2.24) is 0 Å². The highest BCUT2D eigenvalue weighted by atomic mass is 28.4. The predicted molar refractivity (Wildman–Crippen MR) is 40.5 cm³/mol. The van der Waals surface area contributed by atoms with Crippen LogP contribution in [0.25, 0.3) is 0 Å². The highest BCUT2D eigenvalue weighted by molar-refractivity contribution is 6.65. The molecule has 6 heteroatoms. The fourth-order valence-electron chi connectivity index (χ4n) is 0.528. The number of hydrogen-bond donors (Lipinski definition) is 2. The molecule has 1 atom stereocenters. The maximum absolute atomic E-state index is 12.5. The first-order valence-electron chi connectivity index (χ1n) is 3.22. The van der Waals surface area contributed by atoms with Crippen LogP contribution in [0.1, 0.15) is 13.3 Å². The van der Waals surface area contributed by atoms with Gasteiger partial charge in [0.25, 0.3) is 0 Å². The Labute approximate surface area is 62.7 Å². The van der Waals surface area contributed by atoms with E-state index in [2.05, 4.69) is 4.12 Å². The Morgan fingerprint density at radius 3 is 2.40 bits per heavy atom. The molecular formula is C4H13FO3Si2. The van der Waals surface area contributed by atoms with Crippen LogP contribution < -0.4 is 0 Å². The van der Waals surface area contributed by atoms with Gasteiger partial charge in [-0.2, -0.15) is 0 Å². The lowest BCUT2D eigenvalue weighted by molar-refractivity contribution is 0.239. The quantitative estimate of drug-likeness (QED) is 0.483. The molecule has 0 fully saturated rings. The topological polar surface area (TPSA) is 49.7 Å². The van der Waals surface area contributed by atoms with Crippen molar-refractivity contribution in [3.8, 4) is 0 Å². The monoisotopic (exact) mass is 184 g/mol. The molecule has 0 rings (SSSR count). The Balaban J connectivity index is 3.47. The van der Waals surface area contributed by atoms with Gasteiger partial charge in [-0.3, -0.25) is 4.11 Å². The summed E-state index contributed by atoms with van der Waals surface area (Å²) in [5, 5.41) is 0. The van der Waals surface area contributed by atoms with Crippen molar-refractivity contribution in [2.24, 2.45) is 0 Å². The summed E-state index contributed by atoms with van der Waals surface area (Å²) in [6, 6.07) is 0.351. The molecule has 0 bridgehead atoms. The van der Waals surface area contributed by atoms with Gasteiger partial charge in [-0.05, 0) is 6.04 Å². The summed E-state index contributed by atoms with van der Waals surface area (Å²) >= 11 is 0. The summed E-state index contributed by atoms with van der Waals surface area (Å²) in [6.45, 7) is 2.97. The van der Waals surface area contributed by atoms with E-state index in [0.29, 0.717) is 12.5 Å². The lowest BCUT2D eigenvalue weighted by atomic mass is 10.6. The second-order valence-corrected chi connectivity index (χ2v) is 6.46. The smallest absolute Gasteiger partial charge is 0.393 e. The normalized spacial score (nSPS) is 15.3. The lowest BCUT2D eigenvalue weighted by Crippen LogP contribution is -2.39. The third-order valence-electron chi connectivity index (χ3n) is 0.867. The van der Waals surface area contributed by atoms with Crippen LogP contribution in [0.2, 0.25) is 12.6 Å². The van der Waals surface area contributed by atoms with Crippen LogP contribution in [-0.4, -0.2) is 27.8 Å². The van der Waals surface area contributed by atoms with Crippen molar-refractivity contribution in [1.29, 1.82) is 0 Å².